The van der Waals surface area contributed by atoms with Gasteiger partial charge in [0, 0.05) is 12.1 Å². The van der Waals surface area contributed by atoms with Crippen molar-refractivity contribution >= 4 is 50.9 Å². The van der Waals surface area contributed by atoms with Gasteiger partial charge >= 0.3 is 0 Å². The van der Waals surface area contributed by atoms with E-state index >= 15 is 0 Å². The zero-order valence-electron chi connectivity index (χ0n) is 19.8. The minimum atomic E-state index is -0.550. The molecule has 4 aromatic carbocycles. The molecule has 4 aromatic rings. The van der Waals surface area contributed by atoms with Crippen LogP contribution >= 0.6 is 11.8 Å². The third-order valence-corrected chi connectivity index (χ3v) is 7.08. The molecule has 1 atom stereocenters. The van der Waals surface area contributed by atoms with Gasteiger partial charge in [0.25, 0.3) is 0 Å². The molecule has 1 aliphatic rings. The number of anilines is 1. The van der Waals surface area contributed by atoms with Crippen molar-refractivity contribution in [1.29, 1.82) is 0 Å². The molecule has 0 aliphatic carbocycles. The summed E-state index contributed by atoms with van der Waals surface area (Å²) >= 11 is 1.33. The number of nitrogens with zero attached hydrogens (tertiary/aromatic N) is 2. The summed E-state index contributed by atoms with van der Waals surface area (Å²) in [5.74, 6) is 0.407. The molecule has 5 rings (SSSR count). The van der Waals surface area contributed by atoms with E-state index in [4.69, 9.17) is 9.73 Å². The Morgan fingerprint density at radius 3 is 2.42 bits per heavy atom. The van der Waals surface area contributed by atoms with Crippen molar-refractivity contribution in [2.75, 3.05) is 12.4 Å². The van der Waals surface area contributed by atoms with Crippen LogP contribution in [0.5, 0.6) is 5.75 Å². The lowest BCUT2D eigenvalue weighted by Gasteiger charge is -2.16. The molecule has 180 valence electrons. The van der Waals surface area contributed by atoms with Gasteiger partial charge in [-0.2, -0.15) is 0 Å². The number of hydrogen-bond donors (Lipinski definition) is 1. The molecule has 1 fully saturated rings. The minimum Gasteiger partial charge on any atom is -0.497 e. The summed E-state index contributed by atoms with van der Waals surface area (Å²) in [6.07, 6.45) is 0.0588. The summed E-state index contributed by atoms with van der Waals surface area (Å²) in [4.78, 5) is 32.7. The fraction of sp³-hybridized carbons (Fsp3) is 0.138. The zero-order valence-corrected chi connectivity index (χ0v) is 20.6. The summed E-state index contributed by atoms with van der Waals surface area (Å²) in [5, 5.41) is 5.13. The van der Waals surface area contributed by atoms with Crippen LogP contribution < -0.4 is 10.1 Å². The molecule has 0 spiro atoms. The molecule has 1 saturated heterocycles. The van der Waals surface area contributed by atoms with Crippen molar-refractivity contribution in [3.8, 4) is 5.75 Å². The van der Waals surface area contributed by atoms with Crippen LogP contribution in [0.15, 0.2) is 102 Å². The number of thioether (sulfide) groups is 1. The first-order valence-corrected chi connectivity index (χ1v) is 12.5. The van der Waals surface area contributed by atoms with Crippen molar-refractivity contribution in [3.63, 3.8) is 0 Å². The number of hydrogen-bond acceptors (Lipinski definition) is 5. The first-order chi connectivity index (χ1) is 17.6. The summed E-state index contributed by atoms with van der Waals surface area (Å²) in [5.41, 5.74) is 2.42. The van der Waals surface area contributed by atoms with Crippen LogP contribution in [0.25, 0.3) is 10.8 Å². The number of amides is 2. The second-order valence-electron chi connectivity index (χ2n) is 8.42. The van der Waals surface area contributed by atoms with Crippen molar-refractivity contribution in [1.82, 2.24) is 4.90 Å². The topological polar surface area (TPSA) is 71.0 Å². The van der Waals surface area contributed by atoms with Crippen LogP contribution in [-0.2, 0) is 16.1 Å². The maximum absolute atomic E-state index is 13.4. The van der Waals surface area contributed by atoms with Gasteiger partial charge in [-0.3, -0.25) is 14.5 Å². The standard InChI is InChI=1S/C29H25N3O3S/c1-35-25-15-13-23(14-16-25)31-29-32(19-20-7-3-2-4-8-20)28(34)26(36-29)18-27(33)30-24-12-11-21-9-5-6-10-22(21)17-24/h2-17,26H,18-19H2,1H3,(H,30,33). The highest BCUT2D eigenvalue weighted by atomic mass is 32.2. The molecule has 7 heteroatoms. The Bertz CT molecular complexity index is 1420. The first-order valence-electron chi connectivity index (χ1n) is 11.6. The van der Waals surface area contributed by atoms with E-state index in [0.717, 1.165) is 22.1 Å². The van der Waals surface area contributed by atoms with Gasteiger partial charge in [-0.05, 0) is 52.7 Å². The fourth-order valence-corrected chi connectivity index (χ4v) is 5.21. The molecule has 0 radical (unpaired) electrons. The van der Waals surface area contributed by atoms with Crippen LogP contribution in [0.4, 0.5) is 11.4 Å². The average Bonchev–Trinajstić information content (AvgIpc) is 3.18. The second-order valence-corrected chi connectivity index (χ2v) is 9.59. The Balaban J connectivity index is 1.34. The normalized spacial score (nSPS) is 16.5. The summed E-state index contributed by atoms with van der Waals surface area (Å²) in [6.45, 7) is 0.393. The van der Waals surface area contributed by atoms with Gasteiger partial charge in [-0.15, -0.1) is 0 Å². The van der Waals surface area contributed by atoms with Gasteiger partial charge in [0.1, 0.15) is 11.0 Å². The SMILES string of the molecule is COc1ccc(N=C2SC(CC(=O)Nc3ccc4ccccc4c3)C(=O)N2Cc2ccccc2)cc1. The monoisotopic (exact) mass is 495 g/mol. The van der Waals surface area contributed by atoms with Crippen molar-refractivity contribution in [2.24, 2.45) is 4.99 Å². The molecule has 1 heterocycles. The third kappa shape index (κ3) is 5.42. The second kappa shape index (κ2) is 10.7. The number of amidine groups is 1. The largest absolute Gasteiger partial charge is 0.497 e. The Morgan fingerprint density at radius 1 is 0.944 bits per heavy atom. The van der Waals surface area contributed by atoms with E-state index in [1.807, 2.05) is 97.1 Å². The van der Waals surface area contributed by atoms with E-state index in [1.165, 1.54) is 11.8 Å². The van der Waals surface area contributed by atoms with Crippen LogP contribution in [0.2, 0.25) is 0 Å². The Morgan fingerprint density at radius 2 is 1.67 bits per heavy atom. The molecule has 0 bridgehead atoms. The molecule has 0 saturated carbocycles. The van der Waals surface area contributed by atoms with Crippen molar-refractivity contribution < 1.29 is 14.3 Å². The summed E-state index contributed by atoms with van der Waals surface area (Å²) < 4.78 is 5.23. The molecule has 1 N–H and O–H groups in total. The van der Waals surface area contributed by atoms with E-state index < -0.39 is 5.25 Å². The van der Waals surface area contributed by atoms with Gasteiger partial charge < -0.3 is 10.1 Å². The Hall–Kier alpha value is -4.10. The quantitative estimate of drug-likeness (QED) is 0.341. The van der Waals surface area contributed by atoms with Gasteiger partial charge in [-0.25, -0.2) is 4.99 Å². The number of rotatable bonds is 7. The number of ether oxygens (including phenoxy) is 1. The molecule has 1 unspecified atom stereocenters. The highest BCUT2D eigenvalue weighted by Crippen LogP contribution is 2.33. The number of carbonyl (C=O) groups is 2. The third-order valence-electron chi connectivity index (χ3n) is 5.90. The smallest absolute Gasteiger partial charge is 0.242 e. The lowest BCUT2D eigenvalue weighted by Crippen LogP contribution is -2.33. The minimum absolute atomic E-state index is 0.0588. The van der Waals surface area contributed by atoms with Crippen molar-refractivity contribution in [2.45, 2.75) is 18.2 Å². The summed E-state index contributed by atoms with van der Waals surface area (Å²) in [7, 11) is 1.61. The van der Waals surface area contributed by atoms with E-state index in [0.29, 0.717) is 23.1 Å². The zero-order chi connectivity index (χ0) is 24.9. The highest BCUT2D eigenvalue weighted by molar-refractivity contribution is 8.15. The van der Waals surface area contributed by atoms with Crippen LogP contribution in [0, 0.1) is 0 Å². The van der Waals surface area contributed by atoms with Gasteiger partial charge in [-0.1, -0.05) is 72.4 Å². The van der Waals surface area contributed by atoms with Crippen molar-refractivity contribution in [3.05, 3.63) is 103 Å². The molecular formula is C29H25N3O3S. The lowest BCUT2D eigenvalue weighted by molar-refractivity contribution is -0.128. The number of nitrogens with one attached hydrogen (secondary N) is 1. The Labute approximate surface area is 214 Å². The van der Waals surface area contributed by atoms with E-state index in [2.05, 4.69) is 5.32 Å². The predicted octanol–water partition coefficient (Wildman–Crippen LogP) is 6.01. The van der Waals surface area contributed by atoms with E-state index in [9.17, 15) is 9.59 Å². The maximum atomic E-state index is 13.4. The number of methoxy groups -OCH3 is 1. The number of aliphatic imine (C=N–C) groups is 1. The van der Waals surface area contributed by atoms with Crippen LogP contribution in [0.3, 0.4) is 0 Å². The molecular weight excluding hydrogens is 470 g/mol. The lowest BCUT2D eigenvalue weighted by atomic mass is 10.1. The van der Waals surface area contributed by atoms with Crippen LogP contribution in [0.1, 0.15) is 12.0 Å². The fourth-order valence-electron chi connectivity index (χ4n) is 4.05. The van der Waals surface area contributed by atoms with Crippen LogP contribution in [-0.4, -0.2) is 34.2 Å². The number of benzene rings is 4. The molecule has 2 amide bonds. The van der Waals surface area contributed by atoms with Gasteiger partial charge in [0.15, 0.2) is 5.17 Å². The van der Waals surface area contributed by atoms with Gasteiger partial charge in [0.05, 0.1) is 19.3 Å². The number of fused-ring (bicyclic) bond motifs is 1. The van der Waals surface area contributed by atoms with E-state index in [1.54, 1.807) is 12.0 Å². The average molecular weight is 496 g/mol. The summed E-state index contributed by atoms with van der Waals surface area (Å²) in [6, 6.07) is 30.9. The molecule has 0 aromatic heterocycles. The molecule has 36 heavy (non-hydrogen) atoms. The predicted molar refractivity (Wildman–Crippen MR) is 146 cm³/mol. The maximum Gasteiger partial charge on any atom is 0.242 e. The van der Waals surface area contributed by atoms with E-state index in [-0.39, 0.29) is 18.2 Å². The van der Waals surface area contributed by atoms with Gasteiger partial charge in [0.2, 0.25) is 11.8 Å². The highest BCUT2D eigenvalue weighted by Gasteiger charge is 2.39. The first kappa shape index (κ1) is 23.6. The Kier molecular flexibility index (Phi) is 7.00. The molecule has 1 aliphatic heterocycles. The molecule has 6 nitrogen and oxygen atoms in total. The number of carbonyl (C=O) groups excluding carboxylic acids is 2.